The number of morpholine rings is 1. The van der Waals surface area contributed by atoms with Crippen LogP contribution in [0.5, 0.6) is 0 Å². The summed E-state index contributed by atoms with van der Waals surface area (Å²) in [7, 11) is 0. The molecular formula is C24H30N2O2S. The van der Waals surface area contributed by atoms with Crippen LogP contribution in [-0.2, 0) is 16.2 Å². The highest BCUT2D eigenvalue weighted by atomic mass is 32.2. The first-order valence-electron chi connectivity index (χ1n) is 9.93. The first kappa shape index (κ1) is 21.6. The van der Waals surface area contributed by atoms with Gasteiger partial charge in [0.2, 0.25) is 0 Å². The van der Waals surface area contributed by atoms with Crippen LogP contribution in [0.2, 0.25) is 0 Å². The zero-order chi connectivity index (χ0) is 20.7. The highest BCUT2D eigenvalue weighted by molar-refractivity contribution is 7.98. The van der Waals surface area contributed by atoms with Crippen molar-refractivity contribution < 1.29 is 9.57 Å². The van der Waals surface area contributed by atoms with E-state index in [1.54, 1.807) is 11.8 Å². The van der Waals surface area contributed by atoms with E-state index in [0.717, 1.165) is 48.7 Å². The fourth-order valence-corrected chi connectivity index (χ4v) is 3.87. The van der Waals surface area contributed by atoms with Crippen LogP contribution in [0.25, 0.3) is 6.08 Å². The maximum atomic E-state index is 5.84. The zero-order valence-electron chi connectivity index (χ0n) is 17.6. The first-order valence-corrected chi connectivity index (χ1v) is 11.2. The van der Waals surface area contributed by atoms with Gasteiger partial charge in [0.25, 0.3) is 0 Å². The molecule has 1 heterocycles. The highest BCUT2D eigenvalue weighted by Gasteiger charge is 2.35. The summed E-state index contributed by atoms with van der Waals surface area (Å²) in [5.74, 6) is 0. The van der Waals surface area contributed by atoms with Gasteiger partial charge in [-0.3, -0.25) is 4.90 Å². The van der Waals surface area contributed by atoms with Gasteiger partial charge in [-0.15, -0.1) is 11.8 Å². The van der Waals surface area contributed by atoms with Crippen LogP contribution >= 0.6 is 11.8 Å². The molecule has 0 spiro atoms. The Labute approximate surface area is 178 Å². The lowest BCUT2D eigenvalue weighted by molar-refractivity contribution is 0.00862. The molecule has 4 nitrogen and oxygen atoms in total. The average molecular weight is 411 g/mol. The fraction of sp³-hybridized carbons (Fsp3) is 0.375. The highest BCUT2D eigenvalue weighted by Crippen LogP contribution is 2.25. The number of hydrogen-bond acceptors (Lipinski definition) is 5. The van der Waals surface area contributed by atoms with Crippen molar-refractivity contribution in [3.8, 4) is 0 Å². The number of ether oxygens (including phenoxy) is 1. The lowest BCUT2D eigenvalue weighted by atomic mass is 9.90. The third-order valence-corrected chi connectivity index (χ3v) is 6.09. The second-order valence-corrected chi connectivity index (χ2v) is 8.43. The molecule has 0 aromatic heterocycles. The molecule has 1 aliphatic heterocycles. The molecule has 2 aromatic carbocycles. The van der Waals surface area contributed by atoms with Crippen molar-refractivity contribution in [2.75, 3.05) is 32.6 Å². The van der Waals surface area contributed by atoms with Gasteiger partial charge in [0.05, 0.1) is 18.8 Å². The first-order chi connectivity index (χ1) is 14.0. The lowest BCUT2D eigenvalue weighted by Gasteiger charge is -2.41. The summed E-state index contributed by atoms with van der Waals surface area (Å²) >= 11 is 1.74. The predicted molar refractivity (Wildman–Crippen MR) is 123 cm³/mol. The van der Waals surface area contributed by atoms with E-state index < -0.39 is 0 Å². The van der Waals surface area contributed by atoms with E-state index >= 15 is 0 Å². The normalized spacial score (nSPS) is 15.9. The fourth-order valence-electron chi connectivity index (χ4n) is 3.46. The van der Waals surface area contributed by atoms with Gasteiger partial charge in [0.1, 0.15) is 12.3 Å². The minimum Gasteiger partial charge on any atom is -0.391 e. The maximum Gasteiger partial charge on any atom is 0.142 e. The number of hydrogen-bond donors (Lipinski definition) is 0. The van der Waals surface area contributed by atoms with Gasteiger partial charge in [-0.25, -0.2) is 0 Å². The van der Waals surface area contributed by atoms with Gasteiger partial charge in [-0.05, 0) is 43.4 Å². The third-order valence-electron chi connectivity index (χ3n) is 5.35. The number of rotatable bonds is 8. The molecule has 1 fully saturated rings. The summed E-state index contributed by atoms with van der Waals surface area (Å²) in [5, 5.41) is 4.64. The number of thioether (sulfide) groups is 1. The van der Waals surface area contributed by atoms with Crippen molar-refractivity contribution in [3.05, 3.63) is 71.8 Å². The Bertz CT molecular complexity index is 823. The van der Waals surface area contributed by atoms with Crippen molar-refractivity contribution >= 4 is 23.5 Å². The molecule has 3 rings (SSSR count). The van der Waals surface area contributed by atoms with Gasteiger partial charge >= 0.3 is 0 Å². The SMILES string of the molecule is C=Cc1ccc(CO/N=C(\c2ccc(SC)cc2)C(C)(C)N2CCOCC2)cc1. The molecule has 0 unspecified atom stereocenters. The molecule has 0 atom stereocenters. The Morgan fingerprint density at radius 2 is 1.79 bits per heavy atom. The molecule has 5 heteroatoms. The minimum absolute atomic E-state index is 0.267. The van der Waals surface area contributed by atoms with E-state index in [0.29, 0.717) is 6.61 Å². The van der Waals surface area contributed by atoms with Crippen molar-refractivity contribution in [1.82, 2.24) is 4.90 Å². The van der Waals surface area contributed by atoms with Crippen molar-refractivity contribution in [1.29, 1.82) is 0 Å². The Kier molecular flexibility index (Phi) is 7.53. The van der Waals surface area contributed by atoms with Crippen LogP contribution in [0.1, 0.15) is 30.5 Å². The predicted octanol–water partition coefficient (Wildman–Crippen LogP) is 5.08. The van der Waals surface area contributed by atoms with E-state index in [-0.39, 0.29) is 5.54 Å². The van der Waals surface area contributed by atoms with E-state index in [2.05, 4.69) is 61.0 Å². The summed E-state index contributed by atoms with van der Waals surface area (Å²) in [5.41, 5.74) is 3.94. The second kappa shape index (κ2) is 10.1. The van der Waals surface area contributed by atoms with Gasteiger partial charge in [-0.2, -0.15) is 0 Å². The summed E-state index contributed by atoms with van der Waals surface area (Å²) < 4.78 is 5.55. The molecule has 0 amide bonds. The second-order valence-electron chi connectivity index (χ2n) is 7.55. The Morgan fingerprint density at radius 3 is 2.38 bits per heavy atom. The molecule has 0 aliphatic carbocycles. The van der Waals surface area contributed by atoms with Gasteiger partial charge in [0, 0.05) is 23.5 Å². The lowest BCUT2D eigenvalue weighted by Crippen LogP contribution is -2.54. The molecular weight excluding hydrogens is 380 g/mol. The average Bonchev–Trinajstić information content (AvgIpc) is 2.78. The molecule has 1 saturated heterocycles. The summed E-state index contributed by atoms with van der Waals surface area (Å²) in [6.07, 6.45) is 3.92. The number of oxime groups is 1. The van der Waals surface area contributed by atoms with Crippen LogP contribution < -0.4 is 0 Å². The Hall–Kier alpha value is -2.08. The van der Waals surface area contributed by atoms with Gasteiger partial charge in [-0.1, -0.05) is 54.2 Å². The zero-order valence-corrected chi connectivity index (χ0v) is 18.4. The molecule has 0 bridgehead atoms. The molecule has 29 heavy (non-hydrogen) atoms. The minimum atomic E-state index is -0.267. The Balaban J connectivity index is 1.83. The van der Waals surface area contributed by atoms with E-state index in [1.807, 2.05) is 30.3 Å². The van der Waals surface area contributed by atoms with E-state index in [1.165, 1.54) is 4.90 Å². The van der Waals surface area contributed by atoms with Crippen LogP contribution in [-0.4, -0.2) is 48.7 Å². The monoisotopic (exact) mass is 410 g/mol. The molecule has 0 radical (unpaired) electrons. The molecule has 2 aromatic rings. The molecule has 1 aliphatic rings. The smallest absolute Gasteiger partial charge is 0.142 e. The van der Waals surface area contributed by atoms with Crippen molar-refractivity contribution in [2.45, 2.75) is 30.9 Å². The van der Waals surface area contributed by atoms with Crippen molar-refractivity contribution in [2.24, 2.45) is 5.16 Å². The summed E-state index contributed by atoms with van der Waals surface area (Å²) in [4.78, 5) is 9.50. The summed E-state index contributed by atoms with van der Waals surface area (Å²) in [6.45, 7) is 11.9. The van der Waals surface area contributed by atoms with Crippen LogP contribution in [0, 0.1) is 0 Å². The number of nitrogens with zero attached hydrogens (tertiary/aromatic N) is 2. The van der Waals surface area contributed by atoms with E-state index in [9.17, 15) is 0 Å². The molecule has 0 saturated carbocycles. The van der Waals surface area contributed by atoms with Crippen LogP contribution in [0.15, 0.2) is 65.2 Å². The third kappa shape index (κ3) is 5.50. The summed E-state index contributed by atoms with van der Waals surface area (Å²) in [6, 6.07) is 16.7. The van der Waals surface area contributed by atoms with Gasteiger partial charge in [0.15, 0.2) is 0 Å². The van der Waals surface area contributed by atoms with Gasteiger partial charge < -0.3 is 9.57 Å². The topological polar surface area (TPSA) is 34.1 Å². The van der Waals surface area contributed by atoms with Crippen molar-refractivity contribution in [3.63, 3.8) is 0 Å². The standard InChI is InChI=1S/C24H30N2O2S/c1-5-19-6-8-20(9-7-19)18-28-25-23(21-10-12-22(29-4)13-11-21)24(2,3)26-14-16-27-17-15-26/h5-13H,1,14-18H2,2-4H3/b25-23+. The maximum absolute atomic E-state index is 5.84. The molecule has 154 valence electrons. The van der Waals surface area contributed by atoms with Crippen LogP contribution in [0.3, 0.4) is 0 Å². The Morgan fingerprint density at radius 1 is 1.14 bits per heavy atom. The molecule has 0 N–H and O–H groups in total. The van der Waals surface area contributed by atoms with Crippen LogP contribution in [0.4, 0.5) is 0 Å². The van der Waals surface area contributed by atoms with E-state index in [4.69, 9.17) is 9.57 Å². The largest absolute Gasteiger partial charge is 0.391 e. The quantitative estimate of drug-likeness (QED) is 0.345. The number of benzene rings is 2.